The lowest BCUT2D eigenvalue weighted by Crippen LogP contribution is -2.35. The molecule has 0 amide bonds. The largest absolute Gasteiger partial charge is 1.00 e. The van der Waals surface area contributed by atoms with Gasteiger partial charge in [-0.2, -0.15) is 0 Å². The van der Waals surface area contributed by atoms with Crippen molar-refractivity contribution >= 4 is 8.41 Å². The summed E-state index contributed by atoms with van der Waals surface area (Å²) in [6.45, 7) is 3.53. The van der Waals surface area contributed by atoms with Crippen molar-refractivity contribution < 1.29 is 4.48 Å². The van der Waals surface area contributed by atoms with Crippen molar-refractivity contribution in [1.82, 2.24) is 0 Å². The molecular weight excluding hydrogens is 109 g/mol. The maximum absolute atomic E-state index is 2.23. The first-order valence-corrected chi connectivity index (χ1v) is 3.36. The van der Waals surface area contributed by atoms with Crippen molar-refractivity contribution in [2.24, 2.45) is 0 Å². The molecule has 0 heterocycles. The van der Waals surface area contributed by atoms with E-state index in [4.69, 9.17) is 0 Å². The Kier molecular flexibility index (Phi) is 6.36. The molecule has 4 radical (unpaired) electrons. The number of unbranched alkanes of at least 4 members (excludes halogenated alkanes) is 1. The second-order valence-electron chi connectivity index (χ2n) is 3.37. The van der Waals surface area contributed by atoms with Crippen LogP contribution in [0.4, 0.5) is 0 Å². The molecule has 0 rings (SSSR count). The van der Waals surface area contributed by atoms with E-state index >= 15 is 0 Å². The van der Waals surface area contributed by atoms with Crippen LogP contribution in [0.2, 0.25) is 0 Å². The molecule has 0 spiro atoms. The summed E-state index contributed by atoms with van der Waals surface area (Å²) >= 11 is 0. The van der Waals surface area contributed by atoms with Crippen LogP contribution in [0.15, 0.2) is 0 Å². The van der Waals surface area contributed by atoms with Gasteiger partial charge in [0.2, 0.25) is 0 Å². The van der Waals surface area contributed by atoms with Crippen LogP contribution in [-0.2, 0) is 0 Å². The minimum atomic E-state index is 0. The van der Waals surface area contributed by atoms with E-state index in [-0.39, 0.29) is 8.41 Å². The molecule has 2 heteroatoms. The smallest absolute Gasteiger partial charge is 0.0780 e. The van der Waals surface area contributed by atoms with Crippen LogP contribution >= 0.6 is 0 Å². The van der Waals surface area contributed by atoms with E-state index < -0.39 is 0 Å². The Morgan fingerprint density at radius 1 is 1.11 bits per heavy atom. The Morgan fingerprint density at radius 3 is 1.67 bits per heavy atom. The van der Waals surface area contributed by atoms with Gasteiger partial charge in [0.1, 0.15) is 0 Å². The van der Waals surface area contributed by atoms with Crippen LogP contribution < -0.4 is 0 Å². The van der Waals surface area contributed by atoms with E-state index in [0.29, 0.717) is 0 Å². The number of hydrogen-bond donors (Lipinski definition) is 0. The predicted octanol–water partition coefficient (Wildman–Crippen LogP) is 1.11. The summed E-state index contributed by atoms with van der Waals surface area (Å²) in [7, 11) is 6.70. The highest BCUT2D eigenvalue weighted by Gasteiger charge is 2.02. The lowest BCUT2D eigenvalue weighted by atomic mass is 10.3. The standard InChI is InChI=1S/C7H18N.B/c1-5-6-7-8(2,3)4;/h5-7H2,1-4H3;/q+1;-1. The fourth-order valence-corrected chi connectivity index (χ4v) is 0.632. The molecule has 0 aliphatic rings. The Balaban J connectivity index is 0. The minimum absolute atomic E-state index is 0. The minimum Gasteiger partial charge on any atom is -1.00 e. The molecule has 1 nitrogen and oxygen atoms in total. The summed E-state index contributed by atoms with van der Waals surface area (Å²) in [4.78, 5) is 0. The Morgan fingerprint density at radius 2 is 1.56 bits per heavy atom. The van der Waals surface area contributed by atoms with Gasteiger partial charge in [0.25, 0.3) is 0 Å². The van der Waals surface area contributed by atoms with Gasteiger partial charge in [-0.15, -0.1) is 0 Å². The van der Waals surface area contributed by atoms with E-state index in [9.17, 15) is 0 Å². The third kappa shape index (κ3) is 11.5. The van der Waals surface area contributed by atoms with Crippen LogP contribution in [0, 0.1) is 0 Å². The molecule has 0 aliphatic heterocycles. The van der Waals surface area contributed by atoms with E-state index in [1.165, 1.54) is 19.4 Å². The zero-order valence-electron chi connectivity index (χ0n) is 7.15. The maximum Gasteiger partial charge on any atom is 0.0780 e. The lowest BCUT2D eigenvalue weighted by Gasteiger charge is -2.23. The highest BCUT2D eigenvalue weighted by Crippen LogP contribution is 1.94. The lowest BCUT2D eigenvalue weighted by molar-refractivity contribution is -0.870. The molecule has 0 saturated carbocycles. The van der Waals surface area contributed by atoms with Gasteiger partial charge in [0.05, 0.1) is 27.7 Å². The van der Waals surface area contributed by atoms with Gasteiger partial charge in [-0.1, -0.05) is 13.3 Å². The first kappa shape index (κ1) is 11.8. The Labute approximate surface area is 61.2 Å². The summed E-state index contributed by atoms with van der Waals surface area (Å²) in [6.07, 6.45) is 2.67. The van der Waals surface area contributed by atoms with E-state index in [1.807, 2.05) is 0 Å². The van der Waals surface area contributed by atoms with Crippen LogP contribution in [0.5, 0.6) is 0 Å². The number of quaternary nitrogens is 1. The third-order valence-corrected chi connectivity index (χ3v) is 1.18. The summed E-state index contributed by atoms with van der Waals surface area (Å²) in [5, 5.41) is 0. The third-order valence-electron chi connectivity index (χ3n) is 1.18. The molecule has 54 valence electrons. The molecule has 0 aromatic heterocycles. The van der Waals surface area contributed by atoms with E-state index in [1.54, 1.807) is 0 Å². The van der Waals surface area contributed by atoms with Crippen molar-refractivity contribution in [3.05, 3.63) is 0 Å². The quantitative estimate of drug-likeness (QED) is 0.393. The highest BCUT2D eigenvalue weighted by molar-refractivity contribution is 5.75. The van der Waals surface area contributed by atoms with Crippen molar-refractivity contribution in [2.75, 3.05) is 27.7 Å². The number of nitrogens with zero attached hydrogens (tertiary/aromatic N) is 1. The monoisotopic (exact) mass is 127 g/mol. The van der Waals surface area contributed by atoms with Gasteiger partial charge in [0.15, 0.2) is 0 Å². The normalized spacial score (nSPS) is 10.7. The molecule has 0 aromatic rings. The Bertz CT molecular complexity index is 56.4. The van der Waals surface area contributed by atoms with Crippen molar-refractivity contribution in [3.63, 3.8) is 0 Å². The molecule has 0 atom stereocenters. The molecule has 0 N–H and O–H groups in total. The molecule has 0 unspecified atom stereocenters. The molecule has 0 aromatic carbocycles. The molecule has 0 aliphatic carbocycles. The molecule has 0 saturated heterocycles. The fourth-order valence-electron chi connectivity index (χ4n) is 0.632. The van der Waals surface area contributed by atoms with Crippen LogP contribution in [-0.4, -0.2) is 40.6 Å². The zero-order valence-corrected chi connectivity index (χ0v) is 7.15. The Hall–Kier alpha value is 0.0249. The second-order valence-corrected chi connectivity index (χ2v) is 3.37. The molecule has 0 bridgehead atoms. The summed E-state index contributed by atoms with van der Waals surface area (Å²) < 4.78 is 1.10. The van der Waals surface area contributed by atoms with Crippen molar-refractivity contribution in [3.8, 4) is 0 Å². The van der Waals surface area contributed by atoms with Gasteiger partial charge in [-0.25, -0.2) is 0 Å². The summed E-state index contributed by atoms with van der Waals surface area (Å²) in [6, 6.07) is 0. The van der Waals surface area contributed by atoms with E-state index in [2.05, 4.69) is 28.1 Å². The highest BCUT2D eigenvalue weighted by atomic mass is 15.3. The van der Waals surface area contributed by atoms with Crippen LogP contribution in [0.3, 0.4) is 0 Å². The molecule has 9 heavy (non-hydrogen) atoms. The number of hydrogen-bond acceptors (Lipinski definition) is 0. The maximum atomic E-state index is 2.23. The summed E-state index contributed by atoms with van der Waals surface area (Å²) in [5.41, 5.74) is 0. The first-order chi connectivity index (χ1) is 3.56. The van der Waals surface area contributed by atoms with Gasteiger partial charge in [-0.3, -0.25) is 0 Å². The van der Waals surface area contributed by atoms with Gasteiger partial charge >= 0.3 is 0 Å². The van der Waals surface area contributed by atoms with E-state index in [0.717, 1.165) is 4.48 Å². The first-order valence-electron chi connectivity index (χ1n) is 3.36. The fraction of sp³-hybridized carbons (Fsp3) is 1.00. The predicted molar refractivity (Wildman–Crippen MR) is 43.6 cm³/mol. The zero-order chi connectivity index (χ0) is 6.62. The topological polar surface area (TPSA) is 0 Å². The average molecular weight is 127 g/mol. The summed E-state index contributed by atoms with van der Waals surface area (Å²) in [5.74, 6) is 0. The van der Waals surface area contributed by atoms with Gasteiger partial charge in [-0.05, 0) is 6.42 Å². The SMILES string of the molecule is CCCC[N+](C)(C)C.[B-]. The van der Waals surface area contributed by atoms with Gasteiger partial charge in [0, 0.05) is 0 Å². The van der Waals surface area contributed by atoms with Crippen molar-refractivity contribution in [1.29, 1.82) is 0 Å². The molecular formula is C7H18BN. The average Bonchev–Trinajstić information content (AvgIpc) is 1.59. The second kappa shape index (κ2) is 4.86. The number of rotatable bonds is 3. The molecule has 0 fully saturated rings. The van der Waals surface area contributed by atoms with Gasteiger partial charge < -0.3 is 12.9 Å². The van der Waals surface area contributed by atoms with Crippen LogP contribution in [0.25, 0.3) is 0 Å². The van der Waals surface area contributed by atoms with Crippen LogP contribution in [0.1, 0.15) is 19.8 Å². The van der Waals surface area contributed by atoms with Crippen molar-refractivity contribution in [2.45, 2.75) is 19.8 Å².